The minimum atomic E-state index is -0.735. The lowest BCUT2D eigenvalue weighted by Crippen LogP contribution is -2.07. The van der Waals surface area contributed by atoms with E-state index in [9.17, 15) is 9.90 Å². The number of nitrogens with zero attached hydrogens (tertiary/aromatic N) is 3. The molecule has 0 atom stereocenters. The van der Waals surface area contributed by atoms with E-state index < -0.39 is 5.97 Å². The summed E-state index contributed by atoms with van der Waals surface area (Å²) in [7, 11) is 0. The fraction of sp³-hybridized carbons (Fsp3) is 0.214. The van der Waals surface area contributed by atoms with Gasteiger partial charge in [0.1, 0.15) is 5.76 Å². The van der Waals surface area contributed by atoms with E-state index in [-0.39, 0.29) is 22.9 Å². The van der Waals surface area contributed by atoms with Crippen molar-refractivity contribution >= 4 is 23.9 Å². The van der Waals surface area contributed by atoms with Gasteiger partial charge in [-0.2, -0.15) is 5.11 Å². The lowest BCUT2D eigenvalue weighted by molar-refractivity contribution is -0.138. The van der Waals surface area contributed by atoms with Gasteiger partial charge in [-0.25, -0.2) is 9.89 Å². The summed E-state index contributed by atoms with van der Waals surface area (Å²) in [6.07, 6.45) is 0. The first-order valence-corrected chi connectivity index (χ1v) is 7.06. The molecule has 23 heavy (non-hydrogen) atoms. The van der Waals surface area contributed by atoms with Gasteiger partial charge >= 0.3 is 5.97 Å². The molecule has 0 saturated heterocycles. The number of rotatable bonds is 5. The highest BCUT2D eigenvalue weighted by molar-refractivity contribution is 7.71. The first-order valence-electron chi connectivity index (χ1n) is 6.66. The number of carbonyl (C=O) groups excluding carboxylic acids is 1. The Balaban J connectivity index is 2.18. The fourth-order valence-electron chi connectivity index (χ4n) is 1.59. The molecule has 120 valence electrons. The Morgan fingerprint density at radius 2 is 2.13 bits per heavy atom. The van der Waals surface area contributed by atoms with Gasteiger partial charge in [0, 0.05) is 5.56 Å². The quantitative estimate of drug-likeness (QED) is 0.282. The number of esters is 1. The first-order chi connectivity index (χ1) is 11.0. The maximum atomic E-state index is 11.6. The highest BCUT2D eigenvalue weighted by Crippen LogP contribution is 2.22. The molecule has 1 aromatic carbocycles. The zero-order valence-electron chi connectivity index (χ0n) is 12.4. The average molecular weight is 334 g/mol. The van der Waals surface area contributed by atoms with Gasteiger partial charge in [0.25, 0.3) is 4.84 Å². The van der Waals surface area contributed by atoms with Crippen LogP contribution in [0.15, 0.2) is 50.4 Å². The van der Waals surface area contributed by atoms with Crippen molar-refractivity contribution in [2.45, 2.75) is 13.8 Å². The van der Waals surface area contributed by atoms with E-state index in [0.29, 0.717) is 17.1 Å². The van der Waals surface area contributed by atoms with Crippen molar-refractivity contribution < 1.29 is 19.1 Å². The number of aromatic nitrogens is 2. The number of benzene rings is 1. The topological polar surface area (TPSA) is 113 Å². The third-order valence-corrected chi connectivity index (χ3v) is 2.80. The predicted molar refractivity (Wildman–Crippen MR) is 83.6 cm³/mol. The molecule has 9 heteroatoms. The second-order valence-corrected chi connectivity index (χ2v) is 4.69. The first kappa shape index (κ1) is 16.6. The monoisotopic (exact) mass is 334 g/mol. The number of aliphatic hydroxyl groups is 1. The number of allylic oxidation sites excluding steroid dienone is 1. The Kier molecular flexibility index (Phi) is 5.36. The van der Waals surface area contributed by atoms with Crippen LogP contribution in [0.3, 0.4) is 0 Å². The normalized spacial score (nSPS) is 12.3. The molecule has 0 aliphatic carbocycles. The number of ether oxygens (including phenoxy) is 1. The molecule has 0 bridgehead atoms. The summed E-state index contributed by atoms with van der Waals surface area (Å²) in [6, 6.07) is 6.73. The molecular weight excluding hydrogens is 320 g/mol. The zero-order chi connectivity index (χ0) is 16.8. The Hall–Kier alpha value is -2.81. The molecule has 8 nitrogen and oxygen atoms in total. The molecule has 0 spiro atoms. The van der Waals surface area contributed by atoms with Gasteiger partial charge < -0.3 is 14.3 Å². The van der Waals surface area contributed by atoms with Gasteiger partial charge in [-0.05, 0) is 50.3 Å². The number of nitrogens with one attached hydrogen (secondary N) is 1. The van der Waals surface area contributed by atoms with Gasteiger partial charge in [-0.15, -0.1) is 10.2 Å². The molecule has 2 rings (SSSR count). The molecule has 0 unspecified atom stereocenters. The highest BCUT2D eigenvalue weighted by Gasteiger charge is 2.13. The van der Waals surface area contributed by atoms with E-state index in [1.165, 1.54) is 6.92 Å². The Bertz CT molecular complexity index is 801. The van der Waals surface area contributed by atoms with Crippen molar-refractivity contribution in [3.05, 3.63) is 40.6 Å². The van der Waals surface area contributed by atoms with E-state index in [1.54, 1.807) is 31.2 Å². The number of H-pyrrole nitrogens is 1. The molecule has 0 amide bonds. The van der Waals surface area contributed by atoms with Gasteiger partial charge in [-0.1, -0.05) is 0 Å². The zero-order valence-corrected chi connectivity index (χ0v) is 13.3. The number of aliphatic hydroxyl groups excluding tert-OH is 1. The molecule has 0 radical (unpaired) electrons. The average Bonchev–Trinajstić information content (AvgIpc) is 2.94. The lowest BCUT2D eigenvalue weighted by atomic mass is 10.2. The van der Waals surface area contributed by atoms with Crippen LogP contribution in [0.4, 0.5) is 5.69 Å². The van der Waals surface area contributed by atoms with Crippen molar-refractivity contribution in [3.63, 3.8) is 0 Å². The van der Waals surface area contributed by atoms with Crippen molar-refractivity contribution in [1.29, 1.82) is 0 Å². The Labute approximate surface area is 136 Å². The fourth-order valence-corrected chi connectivity index (χ4v) is 1.72. The second kappa shape index (κ2) is 7.45. The van der Waals surface area contributed by atoms with Crippen LogP contribution in [0.1, 0.15) is 13.8 Å². The largest absolute Gasteiger partial charge is 0.510 e. The van der Waals surface area contributed by atoms with E-state index in [4.69, 9.17) is 21.4 Å². The number of aromatic amines is 1. The van der Waals surface area contributed by atoms with Crippen LogP contribution in [0.2, 0.25) is 0 Å². The van der Waals surface area contributed by atoms with Crippen molar-refractivity contribution in [2.75, 3.05) is 6.61 Å². The van der Waals surface area contributed by atoms with Crippen LogP contribution in [0.5, 0.6) is 0 Å². The summed E-state index contributed by atoms with van der Waals surface area (Å²) in [5.74, 6) is -0.643. The number of hydrogen-bond donors (Lipinski definition) is 2. The molecule has 1 aromatic heterocycles. The highest BCUT2D eigenvalue weighted by atomic mass is 32.1. The summed E-state index contributed by atoms with van der Waals surface area (Å²) in [4.78, 5) is 11.8. The summed E-state index contributed by atoms with van der Waals surface area (Å²) in [6.45, 7) is 3.17. The smallest absolute Gasteiger partial charge is 0.362 e. The van der Waals surface area contributed by atoms with Crippen molar-refractivity contribution in [2.24, 2.45) is 10.2 Å². The maximum absolute atomic E-state index is 11.6. The Morgan fingerprint density at radius 1 is 1.43 bits per heavy atom. The van der Waals surface area contributed by atoms with Crippen LogP contribution in [-0.4, -0.2) is 27.9 Å². The van der Waals surface area contributed by atoms with Gasteiger partial charge in [0.15, 0.2) is 0 Å². The van der Waals surface area contributed by atoms with E-state index in [1.807, 2.05) is 0 Å². The van der Waals surface area contributed by atoms with E-state index in [0.717, 1.165) is 0 Å². The molecule has 2 N–H and O–H groups in total. The summed E-state index contributed by atoms with van der Waals surface area (Å²) in [5.41, 5.74) is 0.940. The molecular formula is C14H14N4O4S. The molecule has 1 heterocycles. The lowest BCUT2D eigenvalue weighted by Gasteiger charge is -2.02. The van der Waals surface area contributed by atoms with Gasteiger partial charge in [0.05, 0.1) is 12.3 Å². The number of azo groups is 1. The molecule has 2 aromatic rings. The minimum absolute atomic E-state index is 0.178. The van der Waals surface area contributed by atoms with Crippen LogP contribution in [-0.2, 0) is 9.53 Å². The van der Waals surface area contributed by atoms with Crippen LogP contribution in [0.25, 0.3) is 11.5 Å². The molecule has 0 fully saturated rings. The van der Waals surface area contributed by atoms with Crippen LogP contribution >= 0.6 is 12.2 Å². The number of hydrogen-bond acceptors (Lipinski definition) is 8. The molecule has 0 aliphatic heterocycles. The van der Waals surface area contributed by atoms with Crippen LogP contribution < -0.4 is 0 Å². The third kappa shape index (κ3) is 4.33. The van der Waals surface area contributed by atoms with Crippen molar-refractivity contribution in [1.82, 2.24) is 10.2 Å². The van der Waals surface area contributed by atoms with Crippen molar-refractivity contribution in [3.8, 4) is 11.5 Å². The standard InChI is InChI=1S/C14H14N4O4S/c1-3-21-13(20)11(8(2)19)16-15-10-6-4-9(5-7-10)12-17-18-14(23)22-12/h4-7,19H,3H2,1-2H3,(H,18,23)/b11-8+,16-15?. The molecule has 0 aliphatic rings. The maximum Gasteiger partial charge on any atom is 0.362 e. The van der Waals surface area contributed by atoms with Gasteiger partial charge in [-0.3, -0.25) is 0 Å². The predicted octanol–water partition coefficient (Wildman–Crippen LogP) is 3.84. The third-order valence-electron chi connectivity index (χ3n) is 2.63. The van der Waals surface area contributed by atoms with Gasteiger partial charge in [0.2, 0.25) is 11.6 Å². The minimum Gasteiger partial charge on any atom is -0.510 e. The van der Waals surface area contributed by atoms with Crippen LogP contribution in [0, 0.1) is 4.84 Å². The summed E-state index contributed by atoms with van der Waals surface area (Å²) < 4.78 is 9.98. The summed E-state index contributed by atoms with van der Waals surface area (Å²) in [5, 5.41) is 23.5. The molecule has 0 saturated carbocycles. The van der Waals surface area contributed by atoms with E-state index >= 15 is 0 Å². The second-order valence-electron chi connectivity index (χ2n) is 4.32. The Morgan fingerprint density at radius 3 is 2.65 bits per heavy atom. The van der Waals surface area contributed by atoms with E-state index in [2.05, 4.69) is 20.4 Å². The SMILES string of the molecule is CCOC(=O)/C(N=Nc1ccc(-c2n[nH]c(=S)o2)cc1)=C(/C)O. The summed E-state index contributed by atoms with van der Waals surface area (Å²) >= 11 is 4.81. The number of carbonyl (C=O) groups is 1.